The topological polar surface area (TPSA) is 29.9 Å². The van der Waals surface area contributed by atoms with Gasteiger partial charge in [0.05, 0.1) is 12.7 Å². The molecule has 17 heavy (non-hydrogen) atoms. The molecule has 1 aromatic rings. The fourth-order valence-electron chi connectivity index (χ4n) is 1.77. The molecule has 1 heterocycles. The van der Waals surface area contributed by atoms with E-state index < -0.39 is 0 Å². The summed E-state index contributed by atoms with van der Waals surface area (Å²) >= 11 is 0. The summed E-state index contributed by atoms with van der Waals surface area (Å²) in [6, 6.07) is 0.589. The molecule has 0 saturated heterocycles. The molecule has 98 valence electrons. The van der Waals surface area contributed by atoms with Gasteiger partial charge in [0.2, 0.25) is 0 Å². The van der Waals surface area contributed by atoms with Crippen molar-refractivity contribution in [2.75, 3.05) is 6.54 Å². The quantitative estimate of drug-likeness (QED) is 0.824. The normalized spacial score (nSPS) is 13.9. The van der Waals surface area contributed by atoms with Gasteiger partial charge in [0.1, 0.15) is 0 Å². The maximum atomic E-state index is 4.27. The zero-order valence-corrected chi connectivity index (χ0v) is 12.0. The molecule has 0 aliphatic heterocycles. The number of aryl methyl sites for hydroxylation is 1. The average molecular weight is 237 g/mol. The summed E-state index contributed by atoms with van der Waals surface area (Å²) in [6.07, 6.45) is 6.49. The number of hydrogen-bond acceptors (Lipinski definition) is 2. The minimum absolute atomic E-state index is 0.440. The second kappa shape index (κ2) is 6.20. The largest absolute Gasteiger partial charge is 0.312 e. The van der Waals surface area contributed by atoms with E-state index in [9.17, 15) is 0 Å². The molecule has 3 nitrogen and oxygen atoms in total. The number of nitrogens with zero attached hydrogens (tertiary/aromatic N) is 2. The zero-order chi connectivity index (χ0) is 12.9. The number of hydrogen-bond donors (Lipinski definition) is 1. The summed E-state index contributed by atoms with van der Waals surface area (Å²) in [7, 11) is 0. The van der Waals surface area contributed by atoms with Gasteiger partial charge in [0, 0.05) is 18.8 Å². The van der Waals surface area contributed by atoms with Crippen LogP contribution in [0.15, 0.2) is 12.4 Å². The molecule has 1 unspecified atom stereocenters. The van der Waals surface area contributed by atoms with Crippen molar-refractivity contribution in [3.8, 4) is 0 Å². The molecule has 1 aromatic heterocycles. The van der Waals surface area contributed by atoms with Gasteiger partial charge in [-0.3, -0.25) is 4.68 Å². The lowest BCUT2D eigenvalue weighted by molar-refractivity contribution is 0.334. The summed E-state index contributed by atoms with van der Waals surface area (Å²) in [5.74, 6) is 0. The molecule has 0 aromatic carbocycles. The lowest BCUT2D eigenvalue weighted by Gasteiger charge is -2.21. The monoisotopic (exact) mass is 237 g/mol. The van der Waals surface area contributed by atoms with Crippen molar-refractivity contribution in [1.29, 1.82) is 0 Å². The maximum absolute atomic E-state index is 4.27. The van der Waals surface area contributed by atoms with E-state index in [0.717, 1.165) is 13.1 Å². The van der Waals surface area contributed by atoms with Crippen LogP contribution in [0.25, 0.3) is 0 Å². The third kappa shape index (κ3) is 6.47. The fourth-order valence-corrected chi connectivity index (χ4v) is 1.77. The molecule has 0 aliphatic rings. The first-order valence-corrected chi connectivity index (χ1v) is 6.59. The Hall–Kier alpha value is -0.830. The van der Waals surface area contributed by atoms with Gasteiger partial charge in [-0.2, -0.15) is 5.10 Å². The van der Waals surface area contributed by atoms with Crippen molar-refractivity contribution in [3.63, 3.8) is 0 Å². The highest BCUT2D eigenvalue weighted by atomic mass is 15.3. The van der Waals surface area contributed by atoms with E-state index in [4.69, 9.17) is 0 Å². The van der Waals surface area contributed by atoms with Crippen LogP contribution in [0.5, 0.6) is 0 Å². The first-order chi connectivity index (χ1) is 7.87. The number of rotatable bonds is 6. The molecule has 3 heteroatoms. The maximum Gasteiger partial charge on any atom is 0.0534 e. The van der Waals surface area contributed by atoms with Gasteiger partial charge in [-0.25, -0.2) is 0 Å². The lowest BCUT2D eigenvalue weighted by Crippen LogP contribution is -2.30. The van der Waals surface area contributed by atoms with E-state index in [1.807, 2.05) is 10.9 Å². The predicted molar refractivity (Wildman–Crippen MR) is 73.1 cm³/mol. The molecule has 0 bridgehead atoms. The van der Waals surface area contributed by atoms with E-state index in [1.165, 1.54) is 18.4 Å². The van der Waals surface area contributed by atoms with E-state index in [1.54, 1.807) is 0 Å². The van der Waals surface area contributed by atoms with Crippen molar-refractivity contribution in [1.82, 2.24) is 15.1 Å². The molecule has 0 spiro atoms. The smallest absolute Gasteiger partial charge is 0.0534 e. The molecular weight excluding hydrogens is 210 g/mol. The van der Waals surface area contributed by atoms with Crippen LogP contribution < -0.4 is 5.32 Å². The summed E-state index contributed by atoms with van der Waals surface area (Å²) in [6.45, 7) is 13.2. The summed E-state index contributed by atoms with van der Waals surface area (Å²) < 4.78 is 2.00. The molecule has 0 saturated carbocycles. The first-order valence-electron chi connectivity index (χ1n) is 6.59. The van der Waals surface area contributed by atoms with Crippen LogP contribution in [0.4, 0.5) is 0 Å². The minimum Gasteiger partial charge on any atom is -0.312 e. The molecular formula is C14H27N3. The van der Waals surface area contributed by atoms with E-state index in [0.29, 0.717) is 11.5 Å². The predicted octanol–water partition coefficient (Wildman–Crippen LogP) is 3.00. The Balaban J connectivity index is 2.14. The highest BCUT2D eigenvalue weighted by molar-refractivity contribution is 4.99. The van der Waals surface area contributed by atoms with Gasteiger partial charge in [-0.05, 0) is 37.7 Å². The highest BCUT2D eigenvalue weighted by Gasteiger charge is 2.11. The van der Waals surface area contributed by atoms with Gasteiger partial charge >= 0.3 is 0 Å². The van der Waals surface area contributed by atoms with Crippen LogP contribution in [0.3, 0.4) is 0 Å². The van der Waals surface area contributed by atoms with Gasteiger partial charge in [0.25, 0.3) is 0 Å². The van der Waals surface area contributed by atoms with E-state index in [2.05, 4.69) is 51.2 Å². The molecule has 1 rings (SSSR count). The molecule has 0 amide bonds. The van der Waals surface area contributed by atoms with Crippen molar-refractivity contribution in [2.45, 2.75) is 60.0 Å². The molecule has 1 atom stereocenters. The third-order valence-electron chi connectivity index (χ3n) is 2.92. The Morgan fingerprint density at radius 3 is 2.65 bits per heavy atom. The molecule has 0 aliphatic carbocycles. The SMILES string of the molecule is Cc1cnn(CCNC(C)CCC(C)(C)C)c1. The summed E-state index contributed by atoms with van der Waals surface area (Å²) in [5.41, 5.74) is 1.67. The third-order valence-corrected chi connectivity index (χ3v) is 2.92. The Bertz CT molecular complexity index is 322. The Morgan fingerprint density at radius 1 is 1.41 bits per heavy atom. The van der Waals surface area contributed by atoms with Gasteiger partial charge in [0.15, 0.2) is 0 Å². The van der Waals surface area contributed by atoms with E-state index in [-0.39, 0.29) is 0 Å². The van der Waals surface area contributed by atoms with Crippen LogP contribution in [0.2, 0.25) is 0 Å². The van der Waals surface area contributed by atoms with Crippen molar-refractivity contribution in [3.05, 3.63) is 18.0 Å². The average Bonchev–Trinajstić information content (AvgIpc) is 2.60. The standard InChI is InChI=1S/C14H27N3/c1-12-10-16-17(11-12)9-8-15-13(2)6-7-14(3,4)5/h10-11,13,15H,6-9H2,1-5H3. The first kappa shape index (κ1) is 14.2. The Morgan fingerprint density at radius 2 is 2.12 bits per heavy atom. The molecule has 1 N–H and O–H groups in total. The van der Waals surface area contributed by atoms with Crippen LogP contribution >= 0.6 is 0 Å². The minimum atomic E-state index is 0.440. The Labute approximate surface area is 106 Å². The second-order valence-electron chi connectivity index (χ2n) is 6.24. The summed E-state index contributed by atoms with van der Waals surface area (Å²) in [5, 5.41) is 7.83. The summed E-state index contributed by atoms with van der Waals surface area (Å²) in [4.78, 5) is 0. The van der Waals surface area contributed by atoms with Crippen LogP contribution in [0, 0.1) is 12.3 Å². The van der Waals surface area contributed by atoms with Crippen molar-refractivity contribution >= 4 is 0 Å². The van der Waals surface area contributed by atoms with E-state index >= 15 is 0 Å². The Kier molecular flexibility index (Phi) is 5.19. The molecule has 0 fully saturated rings. The van der Waals surface area contributed by atoms with Crippen LogP contribution in [-0.2, 0) is 6.54 Å². The van der Waals surface area contributed by atoms with Gasteiger partial charge < -0.3 is 5.32 Å². The van der Waals surface area contributed by atoms with Crippen molar-refractivity contribution < 1.29 is 0 Å². The van der Waals surface area contributed by atoms with Gasteiger partial charge in [-0.1, -0.05) is 20.8 Å². The highest BCUT2D eigenvalue weighted by Crippen LogP contribution is 2.21. The fraction of sp³-hybridized carbons (Fsp3) is 0.786. The number of nitrogens with one attached hydrogen (secondary N) is 1. The van der Waals surface area contributed by atoms with Crippen molar-refractivity contribution in [2.24, 2.45) is 5.41 Å². The second-order valence-corrected chi connectivity index (χ2v) is 6.24. The van der Waals surface area contributed by atoms with Gasteiger partial charge in [-0.15, -0.1) is 0 Å². The zero-order valence-electron chi connectivity index (χ0n) is 12.0. The number of aromatic nitrogens is 2. The lowest BCUT2D eigenvalue weighted by atomic mass is 9.89. The van der Waals surface area contributed by atoms with Crippen LogP contribution in [0.1, 0.15) is 46.1 Å². The van der Waals surface area contributed by atoms with Crippen LogP contribution in [-0.4, -0.2) is 22.4 Å². The molecule has 0 radical (unpaired) electrons.